The Hall–Kier alpha value is -3.21. The van der Waals surface area contributed by atoms with Crippen LogP contribution >= 0.6 is 0 Å². The summed E-state index contributed by atoms with van der Waals surface area (Å²) in [7, 11) is -1.52. The normalized spacial score (nSPS) is 17.8. The Morgan fingerprint density at radius 2 is 1.29 bits per heavy atom. The van der Waals surface area contributed by atoms with Gasteiger partial charge in [-0.2, -0.15) is 0 Å². The minimum atomic E-state index is -1.52. The number of rotatable bonds is 1. The van der Waals surface area contributed by atoms with E-state index in [4.69, 9.17) is 0 Å². The van der Waals surface area contributed by atoms with Crippen molar-refractivity contribution < 1.29 is 10.0 Å². The van der Waals surface area contributed by atoms with Crippen molar-refractivity contribution in [2.45, 2.75) is 5.41 Å². The van der Waals surface area contributed by atoms with E-state index in [2.05, 4.69) is 59.6 Å². The van der Waals surface area contributed by atoms with E-state index in [1.54, 1.807) is 6.07 Å². The molecule has 0 bridgehead atoms. The highest BCUT2D eigenvalue weighted by atomic mass is 16.4. The van der Waals surface area contributed by atoms with Crippen LogP contribution < -0.4 is 5.46 Å². The van der Waals surface area contributed by atoms with Gasteiger partial charge in [0.15, 0.2) is 0 Å². The summed E-state index contributed by atoms with van der Waals surface area (Å²) in [6.45, 7) is 0. The summed E-state index contributed by atoms with van der Waals surface area (Å²) in [6, 6.07) is 24.7. The molecule has 0 saturated carbocycles. The van der Waals surface area contributed by atoms with Crippen LogP contribution in [0.5, 0.6) is 0 Å². The molecular formula is C24H16BNO2. The third kappa shape index (κ3) is 1.70. The van der Waals surface area contributed by atoms with Crippen molar-refractivity contribution in [3.8, 4) is 22.3 Å². The van der Waals surface area contributed by atoms with Gasteiger partial charge in [-0.25, -0.2) is 0 Å². The molecular weight excluding hydrogens is 345 g/mol. The molecule has 0 radical (unpaired) electrons. The molecule has 2 aliphatic rings. The molecule has 1 heterocycles. The first-order valence-electron chi connectivity index (χ1n) is 9.38. The summed E-state index contributed by atoms with van der Waals surface area (Å²) >= 11 is 0. The molecule has 4 heteroatoms. The highest BCUT2D eigenvalue weighted by Gasteiger charge is 2.52. The molecule has 2 N–H and O–H groups in total. The lowest BCUT2D eigenvalue weighted by Crippen LogP contribution is -2.33. The second-order valence-electron chi connectivity index (χ2n) is 7.41. The van der Waals surface area contributed by atoms with Crippen molar-refractivity contribution in [3.05, 3.63) is 107 Å². The number of nitrogens with zero attached hydrogens (tertiary/aromatic N) is 1. The van der Waals surface area contributed by atoms with Gasteiger partial charge in [0.25, 0.3) is 0 Å². The first-order valence-corrected chi connectivity index (χ1v) is 9.38. The number of hydrogen-bond acceptors (Lipinski definition) is 3. The molecule has 1 unspecified atom stereocenters. The zero-order valence-corrected chi connectivity index (χ0v) is 15.0. The molecule has 3 nitrogen and oxygen atoms in total. The van der Waals surface area contributed by atoms with E-state index in [0.717, 1.165) is 22.3 Å². The lowest BCUT2D eigenvalue weighted by molar-refractivity contribution is 0.426. The van der Waals surface area contributed by atoms with Crippen molar-refractivity contribution in [1.82, 2.24) is 4.98 Å². The fourth-order valence-electron chi connectivity index (χ4n) is 5.28. The van der Waals surface area contributed by atoms with Crippen LogP contribution in [0.25, 0.3) is 22.3 Å². The van der Waals surface area contributed by atoms with Crippen LogP contribution in [-0.2, 0) is 5.41 Å². The van der Waals surface area contributed by atoms with Crippen LogP contribution in [0.15, 0.2) is 85.2 Å². The molecule has 0 fully saturated rings. The standard InChI is InChI=1S/C24H16BNO2/c27-25(28)22-11-5-10-21-23(22)16-7-2-4-9-19(16)24(21)18-8-3-1-6-15(18)17-14-26-13-12-20(17)24/h1-14,27-28H. The molecule has 0 amide bonds. The van der Waals surface area contributed by atoms with Crippen LogP contribution in [0.4, 0.5) is 0 Å². The average molecular weight is 361 g/mol. The average Bonchev–Trinajstić information content (AvgIpc) is 3.21. The Labute approximate surface area is 163 Å². The van der Waals surface area contributed by atoms with E-state index >= 15 is 0 Å². The second kappa shape index (κ2) is 5.41. The molecule has 3 aromatic carbocycles. The number of fused-ring (bicyclic) bond motifs is 10. The summed E-state index contributed by atoms with van der Waals surface area (Å²) in [5, 5.41) is 20.2. The number of benzene rings is 3. The highest BCUT2D eigenvalue weighted by Crippen LogP contribution is 2.62. The van der Waals surface area contributed by atoms with Gasteiger partial charge in [0.1, 0.15) is 0 Å². The molecule has 6 rings (SSSR count). The van der Waals surface area contributed by atoms with Gasteiger partial charge in [0.2, 0.25) is 0 Å². The maximum absolute atomic E-state index is 10.1. The molecule has 0 aliphatic heterocycles. The van der Waals surface area contributed by atoms with Gasteiger partial charge in [0.05, 0.1) is 5.41 Å². The van der Waals surface area contributed by atoms with E-state index < -0.39 is 12.5 Å². The van der Waals surface area contributed by atoms with Gasteiger partial charge < -0.3 is 10.0 Å². The monoisotopic (exact) mass is 361 g/mol. The molecule has 28 heavy (non-hydrogen) atoms. The molecule has 1 spiro atoms. The largest absolute Gasteiger partial charge is 0.489 e. The van der Waals surface area contributed by atoms with Crippen LogP contribution in [0.1, 0.15) is 22.3 Å². The van der Waals surface area contributed by atoms with Crippen LogP contribution in [0.2, 0.25) is 0 Å². The zero-order chi connectivity index (χ0) is 18.9. The predicted molar refractivity (Wildman–Crippen MR) is 110 cm³/mol. The van der Waals surface area contributed by atoms with Crippen molar-refractivity contribution >= 4 is 12.6 Å². The Bertz CT molecular complexity index is 1220. The van der Waals surface area contributed by atoms with Crippen LogP contribution in [-0.4, -0.2) is 22.2 Å². The summed E-state index contributed by atoms with van der Waals surface area (Å²) in [6.07, 6.45) is 3.78. The van der Waals surface area contributed by atoms with Gasteiger partial charge in [-0.05, 0) is 50.5 Å². The minimum Gasteiger partial charge on any atom is -0.423 e. The summed E-state index contributed by atoms with van der Waals surface area (Å²) in [5.74, 6) is 0. The van der Waals surface area contributed by atoms with Crippen LogP contribution in [0, 0.1) is 0 Å². The Kier molecular flexibility index (Phi) is 3.06. The first-order chi connectivity index (χ1) is 13.7. The summed E-state index contributed by atoms with van der Waals surface area (Å²) < 4.78 is 0. The zero-order valence-electron chi connectivity index (χ0n) is 15.0. The van der Waals surface area contributed by atoms with E-state index in [1.165, 1.54) is 22.3 Å². The van der Waals surface area contributed by atoms with Crippen molar-refractivity contribution in [2.75, 3.05) is 0 Å². The van der Waals surface area contributed by atoms with Crippen molar-refractivity contribution in [2.24, 2.45) is 0 Å². The maximum Gasteiger partial charge on any atom is 0.489 e. The van der Waals surface area contributed by atoms with Gasteiger partial charge in [0, 0.05) is 18.0 Å². The SMILES string of the molecule is OB(O)c1cccc2c1-c1ccccc1C21c2ccccc2-c2cnccc21. The highest BCUT2D eigenvalue weighted by molar-refractivity contribution is 6.60. The third-order valence-corrected chi connectivity index (χ3v) is 6.23. The minimum absolute atomic E-state index is 0.467. The number of hydrogen-bond donors (Lipinski definition) is 2. The van der Waals surface area contributed by atoms with Gasteiger partial charge in [-0.1, -0.05) is 66.7 Å². The van der Waals surface area contributed by atoms with Gasteiger partial charge >= 0.3 is 7.12 Å². The Balaban J connectivity index is 1.86. The summed E-state index contributed by atoms with van der Waals surface area (Å²) in [4.78, 5) is 4.39. The van der Waals surface area contributed by atoms with Crippen molar-refractivity contribution in [3.63, 3.8) is 0 Å². The predicted octanol–water partition coefficient (Wildman–Crippen LogP) is 3.10. The molecule has 132 valence electrons. The lowest BCUT2D eigenvalue weighted by Gasteiger charge is -2.30. The van der Waals surface area contributed by atoms with E-state index in [-0.39, 0.29) is 0 Å². The smallest absolute Gasteiger partial charge is 0.423 e. The first kappa shape index (κ1) is 15.8. The topological polar surface area (TPSA) is 53.4 Å². The molecule has 4 aromatic rings. The van der Waals surface area contributed by atoms with Gasteiger partial charge in [-0.15, -0.1) is 0 Å². The van der Waals surface area contributed by atoms with Crippen molar-refractivity contribution in [1.29, 1.82) is 0 Å². The summed E-state index contributed by atoms with van der Waals surface area (Å²) in [5.41, 5.74) is 9.06. The second-order valence-corrected chi connectivity index (χ2v) is 7.41. The number of pyridine rings is 1. The fraction of sp³-hybridized carbons (Fsp3) is 0.0417. The molecule has 1 atom stereocenters. The van der Waals surface area contributed by atoms with Crippen LogP contribution in [0.3, 0.4) is 0 Å². The quantitative estimate of drug-likeness (QED) is 0.443. The van der Waals surface area contributed by atoms with E-state index in [1.807, 2.05) is 24.5 Å². The maximum atomic E-state index is 10.1. The number of aromatic nitrogens is 1. The fourth-order valence-corrected chi connectivity index (χ4v) is 5.28. The Morgan fingerprint density at radius 3 is 2.07 bits per heavy atom. The molecule has 1 aromatic heterocycles. The molecule has 0 saturated heterocycles. The molecule has 2 aliphatic carbocycles. The van der Waals surface area contributed by atoms with E-state index in [9.17, 15) is 10.0 Å². The Morgan fingerprint density at radius 1 is 0.643 bits per heavy atom. The van der Waals surface area contributed by atoms with Gasteiger partial charge in [-0.3, -0.25) is 4.98 Å². The van der Waals surface area contributed by atoms with E-state index in [0.29, 0.717) is 5.46 Å². The lowest BCUT2D eigenvalue weighted by atomic mass is 9.69. The third-order valence-electron chi connectivity index (χ3n) is 6.23.